The number of rotatable bonds is 4. The standard InChI is InChI=1S/C24H16F3N5S/c25-24(26,27)14-7-9-29-19(10-14)20-12-18-16(2-1-8-28-18)22(31-20)30-15-5-6-17-21(11-15)33-23(32-17)13-3-4-13/h1-2,5-13H,3-4H2,(H,30,31). The van der Waals surface area contributed by atoms with E-state index in [1.54, 1.807) is 29.7 Å². The lowest BCUT2D eigenvalue weighted by atomic mass is 10.1. The van der Waals surface area contributed by atoms with Crippen LogP contribution in [-0.2, 0) is 6.18 Å². The van der Waals surface area contributed by atoms with E-state index >= 15 is 0 Å². The molecule has 1 fully saturated rings. The van der Waals surface area contributed by atoms with Gasteiger partial charge in [-0.1, -0.05) is 0 Å². The molecule has 6 rings (SSSR count). The van der Waals surface area contributed by atoms with Gasteiger partial charge in [-0.2, -0.15) is 13.2 Å². The van der Waals surface area contributed by atoms with Crippen molar-refractivity contribution in [3.63, 3.8) is 0 Å². The zero-order valence-electron chi connectivity index (χ0n) is 17.1. The third kappa shape index (κ3) is 3.89. The summed E-state index contributed by atoms with van der Waals surface area (Å²) in [7, 11) is 0. The molecule has 5 aromatic rings. The molecule has 0 radical (unpaired) electrons. The normalized spacial score (nSPS) is 14.2. The minimum Gasteiger partial charge on any atom is -0.340 e. The maximum absolute atomic E-state index is 13.2. The smallest absolute Gasteiger partial charge is 0.340 e. The fourth-order valence-electron chi connectivity index (χ4n) is 3.71. The van der Waals surface area contributed by atoms with Gasteiger partial charge in [0, 0.05) is 29.4 Å². The number of pyridine rings is 3. The lowest BCUT2D eigenvalue weighted by Crippen LogP contribution is -2.05. The van der Waals surface area contributed by atoms with Gasteiger partial charge in [-0.05, 0) is 61.4 Å². The van der Waals surface area contributed by atoms with E-state index in [1.165, 1.54) is 17.8 Å². The van der Waals surface area contributed by atoms with Gasteiger partial charge in [0.05, 0.1) is 37.7 Å². The fourth-order valence-corrected chi connectivity index (χ4v) is 4.89. The number of halogens is 3. The Morgan fingerprint density at radius 1 is 0.879 bits per heavy atom. The highest BCUT2D eigenvalue weighted by atomic mass is 32.1. The van der Waals surface area contributed by atoms with E-state index < -0.39 is 11.7 Å². The number of thiazole rings is 1. The molecule has 0 atom stereocenters. The maximum atomic E-state index is 13.2. The molecule has 1 aliphatic carbocycles. The second-order valence-electron chi connectivity index (χ2n) is 7.99. The van der Waals surface area contributed by atoms with Gasteiger partial charge in [0.2, 0.25) is 0 Å². The largest absolute Gasteiger partial charge is 0.416 e. The summed E-state index contributed by atoms with van der Waals surface area (Å²) in [4.78, 5) is 17.8. The first-order valence-electron chi connectivity index (χ1n) is 10.4. The second-order valence-corrected chi connectivity index (χ2v) is 9.05. The van der Waals surface area contributed by atoms with E-state index in [1.807, 2.05) is 24.3 Å². The van der Waals surface area contributed by atoms with Crippen molar-refractivity contribution in [3.8, 4) is 11.4 Å². The first-order valence-corrected chi connectivity index (χ1v) is 11.2. The summed E-state index contributed by atoms with van der Waals surface area (Å²) in [5, 5.41) is 5.26. The highest BCUT2D eigenvalue weighted by Crippen LogP contribution is 2.43. The molecule has 4 aromatic heterocycles. The van der Waals surface area contributed by atoms with Crippen molar-refractivity contribution in [1.82, 2.24) is 19.9 Å². The van der Waals surface area contributed by atoms with Gasteiger partial charge in [-0.25, -0.2) is 9.97 Å². The summed E-state index contributed by atoms with van der Waals surface area (Å²) in [5.74, 6) is 1.09. The Balaban J connectivity index is 1.42. The summed E-state index contributed by atoms with van der Waals surface area (Å²) < 4.78 is 40.7. The van der Waals surface area contributed by atoms with Crippen LogP contribution in [0.2, 0.25) is 0 Å². The number of aromatic nitrogens is 4. The van der Waals surface area contributed by atoms with Crippen LogP contribution in [-0.4, -0.2) is 19.9 Å². The molecule has 0 aliphatic heterocycles. The van der Waals surface area contributed by atoms with Crippen LogP contribution in [0, 0.1) is 0 Å². The molecule has 0 spiro atoms. The SMILES string of the molecule is FC(F)(F)c1ccnc(-c2cc3ncccc3c(Nc3ccc4nc(C5CC5)sc4c3)n2)c1. The highest BCUT2D eigenvalue weighted by molar-refractivity contribution is 7.18. The van der Waals surface area contributed by atoms with Crippen LogP contribution in [0.1, 0.15) is 29.3 Å². The third-order valence-corrected chi connectivity index (χ3v) is 6.72. The van der Waals surface area contributed by atoms with Crippen molar-refractivity contribution in [2.75, 3.05) is 5.32 Å². The van der Waals surface area contributed by atoms with Gasteiger partial charge in [-0.15, -0.1) is 11.3 Å². The van der Waals surface area contributed by atoms with Crippen LogP contribution >= 0.6 is 11.3 Å². The quantitative estimate of drug-likeness (QED) is 0.313. The van der Waals surface area contributed by atoms with Crippen molar-refractivity contribution >= 4 is 44.0 Å². The predicted molar refractivity (Wildman–Crippen MR) is 123 cm³/mol. The van der Waals surface area contributed by atoms with E-state index in [0.717, 1.165) is 39.6 Å². The van der Waals surface area contributed by atoms with Crippen LogP contribution in [0.5, 0.6) is 0 Å². The summed E-state index contributed by atoms with van der Waals surface area (Å²) >= 11 is 1.70. The Morgan fingerprint density at radius 3 is 2.58 bits per heavy atom. The van der Waals surface area contributed by atoms with Crippen LogP contribution in [0.25, 0.3) is 32.5 Å². The second kappa shape index (κ2) is 7.48. The molecule has 1 aromatic carbocycles. The number of benzene rings is 1. The molecule has 4 heterocycles. The number of nitrogens with zero attached hydrogens (tertiary/aromatic N) is 4. The lowest BCUT2D eigenvalue weighted by molar-refractivity contribution is -0.137. The van der Waals surface area contributed by atoms with Gasteiger partial charge in [0.15, 0.2) is 0 Å². The summed E-state index contributed by atoms with van der Waals surface area (Å²) in [6.45, 7) is 0. The number of hydrogen-bond donors (Lipinski definition) is 1. The lowest BCUT2D eigenvalue weighted by Gasteiger charge is -2.12. The molecule has 33 heavy (non-hydrogen) atoms. The van der Waals surface area contributed by atoms with Crippen LogP contribution < -0.4 is 5.32 Å². The van der Waals surface area contributed by atoms with Crippen molar-refractivity contribution in [1.29, 1.82) is 0 Å². The van der Waals surface area contributed by atoms with E-state index in [4.69, 9.17) is 4.98 Å². The Hall–Kier alpha value is -3.59. The summed E-state index contributed by atoms with van der Waals surface area (Å²) in [6.07, 6.45) is 0.717. The van der Waals surface area contributed by atoms with Crippen molar-refractivity contribution in [3.05, 3.63) is 71.5 Å². The maximum Gasteiger partial charge on any atom is 0.416 e. The number of hydrogen-bond acceptors (Lipinski definition) is 6. The van der Waals surface area contributed by atoms with Gasteiger partial charge >= 0.3 is 6.18 Å². The van der Waals surface area contributed by atoms with Gasteiger partial charge in [0.1, 0.15) is 5.82 Å². The molecule has 0 saturated heterocycles. The van der Waals surface area contributed by atoms with Crippen LogP contribution in [0.3, 0.4) is 0 Å². The molecular formula is C24H16F3N5S. The van der Waals surface area contributed by atoms with Crippen LogP contribution in [0.4, 0.5) is 24.7 Å². The Bertz CT molecular complexity index is 1510. The molecule has 0 amide bonds. The highest BCUT2D eigenvalue weighted by Gasteiger charge is 2.31. The molecule has 9 heteroatoms. The first-order chi connectivity index (χ1) is 15.9. The number of fused-ring (bicyclic) bond motifs is 2. The average molecular weight is 463 g/mol. The molecular weight excluding hydrogens is 447 g/mol. The fraction of sp³-hybridized carbons (Fsp3) is 0.167. The van der Waals surface area contributed by atoms with E-state index in [9.17, 15) is 13.2 Å². The number of nitrogens with one attached hydrogen (secondary N) is 1. The Kier molecular flexibility index (Phi) is 4.55. The Labute approximate surface area is 190 Å². The molecule has 1 N–H and O–H groups in total. The Morgan fingerprint density at radius 2 is 1.76 bits per heavy atom. The van der Waals surface area contributed by atoms with Crippen molar-refractivity contribution < 1.29 is 13.2 Å². The number of alkyl halides is 3. The molecule has 1 saturated carbocycles. The minimum absolute atomic E-state index is 0.132. The number of anilines is 2. The molecule has 0 bridgehead atoms. The topological polar surface area (TPSA) is 63.6 Å². The predicted octanol–water partition coefficient (Wildman–Crippen LogP) is 6.94. The molecule has 5 nitrogen and oxygen atoms in total. The van der Waals surface area contributed by atoms with Crippen molar-refractivity contribution in [2.45, 2.75) is 24.9 Å². The monoisotopic (exact) mass is 463 g/mol. The van der Waals surface area contributed by atoms with Crippen molar-refractivity contribution in [2.24, 2.45) is 0 Å². The van der Waals surface area contributed by atoms with Gasteiger partial charge in [-0.3, -0.25) is 9.97 Å². The third-order valence-electron chi connectivity index (χ3n) is 5.54. The van der Waals surface area contributed by atoms with E-state index in [0.29, 0.717) is 22.9 Å². The average Bonchev–Trinajstić information content (AvgIpc) is 3.58. The van der Waals surface area contributed by atoms with E-state index in [-0.39, 0.29) is 5.69 Å². The molecule has 0 unspecified atom stereocenters. The first kappa shape index (κ1) is 20.0. The minimum atomic E-state index is -4.46. The van der Waals surface area contributed by atoms with Gasteiger partial charge < -0.3 is 5.32 Å². The zero-order valence-corrected chi connectivity index (χ0v) is 17.9. The summed E-state index contributed by atoms with van der Waals surface area (Å²) in [5.41, 5.74) is 2.07. The zero-order chi connectivity index (χ0) is 22.6. The summed E-state index contributed by atoms with van der Waals surface area (Å²) in [6, 6.07) is 13.2. The van der Waals surface area contributed by atoms with E-state index in [2.05, 4.69) is 20.3 Å². The molecule has 1 aliphatic rings. The van der Waals surface area contributed by atoms with Crippen LogP contribution in [0.15, 0.2) is 60.9 Å². The van der Waals surface area contributed by atoms with Gasteiger partial charge in [0.25, 0.3) is 0 Å². The molecule has 164 valence electrons.